The summed E-state index contributed by atoms with van der Waals surface area (Å²) in [5, 5.41) is 10.3. The summed E-state index contributed by atoms with van der Waals surface area (Å²) in [4.78, 5) is 15.0. The quantitative estimate of drug-likeness (QED) is 0.693. The molecule has 0 bridgehead atoms. The second kappa shape index (κ2) is 5.52. The van der Waals surface area contributed by atoms with Gasteiger partial charge in [0.25, 0.3) is 0 Å². The number of hydrogen-bond acceptors (Lipinski definition) is 4. The van der Waals surface area contributed by atoms with Crippen molar-refractivity contribution in [3.05, 3.63) is 56.1 Å². The van der Waals surface area contributed by atoms with Crippen LogP contribution in [0.15, 0.2) is 41.3 Å². The summed E-state index contributed by atoms with van der Waals surface area (Å²) < 4.78 is 0.774. The summed E-state index contributed by atoms with van der Waals surface area (Å²) in [7, 11) is 0. The molecule has 3 heterocycles. The molecule has 0 aromatic carbocycles. The van der Waals surface area contributed by atoms with E-state index in [1.54, 1.807) is 12.3 Å². The fourth-order valence-corrected chi connectivity index (χ4v) is 2.82. The van der Waals surface area contributed by atoms with Crippen molar-refractivity contribution in [3.63, 3.8) is 0 Å². The Morgan fingerprint density at radius 3 is 2.95 bits per heavy atom. The van der Waals surface area contributed by atoms with E-state index in [9.17, 15) is 4.79 Å². The van der Waals surface area contributed by atoms with Crippen molar-refractivity contribution < 1.29 is 0 Å². The number of nitrogens with one attached hydrogen (secondary N) is 3. The Morgan fingerprint density at radius 2 is 2.20 bits per heavy atom. The van der Waals surface area contributed by atoms with Crippen molar-refractivity contribution in [2.75, 3.05) is 5.32 Å². The van der Waals surface area contributed by atoms with Gasteiger partial charge in [0.05, 0.1) is 16.6 Å². The summed E-state index contributed by atoms with van der Waals surface area (Å²) in [5.74, 6) is 0.796. The smallest absolute Gasteiger partial charge is 0.248 e. The summed E-state index contributed by atoms with van der Waals surface area (Å²) >= 11 is 7.41. The molecule has 20 heavy (non-hydrogen) atoms. The highest BCUT2D eigenvalue weighted by atomic mass is 35.5. The normalized spacial score (nSPS) is 10.7. The van der Waals surface area contributed by atoms with Crippen molar-refractivity contribution in [1.29, 1.82) is 0 Å². The molecule has 3 aromatic rings. The number of H-pyrrole nitrogens is 2. The monoisotopic (exact) mass is 306 g/mol. The van der Waals surface area contributed by atoms with Crippen LogP contribution in [-0.4, -0.2) is 15.2 Å². The number of aromatic amines is 2. The molecule has 0 saturated carbocycles. The van der Waals surface area contributed by atoms with E-state index < -0.39 is 0 Å². The number of nitrogens with zero attached hydrogens (tertiary/aromatic N) is 1. The van der Waals surface area contributed by atoms with Crippen LogP contribution in [-0.2, 0) is 6.54 Å². The van der Waals surface area contributed by atoms with Crippen LogP contribution in [0.5, 0.6) is 0 Å². The lowest BCUT2D eigenvalue weighted by molar-refractivity contribution is 1.06. The maximum atomic E-state index is 11.3. The molecule has 0 fully saturated rings. The topological polar surface area (TPSA) is 73.6 Å². The Labute approximate surface area is 123 Å². The predicted molar refractivity (Wildman–Crippen MR) is 81.3 cm³/mol. The number of rotatable bonds is 4. The Kier molecular flexibility index (Phi) is 3.58. The van der Waals surface area contributed by atoms with Crippen molar-refractivity contribution in [2.45, 2.75) is 6.54 Å². The molecule has 0 unspecified atom stereocenters. The zero-order valence-corrected chi connectivity index (χ0v) is 11.9. The Balaban J connectivity index is 1.72. The molecule has 0 spiro atoms. The first-order valence-electron chi connectivity index (χ1n) is 5.93. The van der Waals surface area contributed by atoms with E-state index in [1.165, 1.54) is 17.4 Å². The summed E-state index contributed by atoms with van der Waals surface area (Å²) in [6, 6.07) is 9.04. The average Bonchev–Trinajstić information content (AvgIpc) is 3.05. The van der Waals surface area contributed by atoms with Gasteiger partial charge in [-0.1, -0.05) is 11.6 Å². The number of halogens is 1. The fourth-order valence-electron chi connectivity index (χ4n) is 1.79. The van der Waals surface area contributed by atoms with Gasteiger partial charge in [-0.25, -0.2) is 0 Å². The molecule has 0 aliphatic rings. The molecule has 3 aromatic heterocycles. The van der Waals surface area contributed by atoms with Crippen molar-refractivity contribution in [3.8, 4) is 11.3 Å². The van der Waals surface area contributed by atoms with Gasteiger partial charge in [0.15, 0.2) is 0 Å². The van der Waals surface area contributed by atoms with E-state index in [1.807, 2.05) is 18.2 Å². The van der Waals surface area contributed by atoms with E-state index in [-0.39, 0.29) is 5.56 Å². The molecule has 3 N–H and O–H groups in total. The number of pyridine rings is 1. The molecule has 0 aliphatic carbocycles. The van der Waals surface area contributed by atoms with Crippen LogP contribution in [0, 0.1) is 0 Å². The van der Waals surface area contributed by atoms with Gasteiger partial charge in [0.2, 0.25) is 5.56 Å². The molecule has 0 aliphatic heterocycles. The molecular formula is C13H11ClN4OS. The summed E-state index contributed by atoms with van der Waals surface area (Å²) in [6.45, 7) is 0.675. The van der Waals surface area contributed by atoms with Crippen LogP contribution in [0.1, 0.15) is 4.88 Å². The first kappa shape index (κ1) is 13.0. The van der Waals surface area contributed by atoms with Crippen LogP contribution >= 0.6 is 22.9 Å². The number of hydrogen-bond donors (Lipinski definition) is 3. The summed E-state index contributed by atoms with van der Waals surface area (Å²) in [6.07, 6.45) is 1.60. The maximum Gasteiger partial charge on any atom is 0.248 e. The van der Waals surface area contributed by atoms with Gasteiger partial charge < -0.3 is 10.3 Å². The van der Waals surface area contributed by atoms with Gasteiger partial charge in [0.1, 0.15) is 5.82 Å². The van der Waals surface area contributed by atoms with E-state index >= 15 is 0 Å². The summed E-state index contributed by atoms with van der Waals surface area (Å²) in [5.41, 5.74) is 1.35. The highest BCUT2D eigenvalue weighted by Gasteiger charge is 2.05. The van der Waals surface area contributed by atoms with Gasteiger partial charge in [-0.2, -0.15) is 5.10 Å². The molecule has 7 heteroatoms. The average molecular weight is 307 g/mol. The maximum absolute atomic E-state index is 11.3. The molecule has 3 rings (SSSR count). The first-order valence-corrected chi connectivity index (χ1v) is 7.13. The van der Waals surface area contributed by atoms with Gasteiger partial charge in [0, 0.05) is 28.8 Å². The number of aromatic nitrogens is 3. The van der Waals surface area contributed by atoms with Crippen molar-refractivity contribution >= 4 is 28.8 Å². The predicted octanol–water partition coefficient (Wildman–Crippen LogP) is 3.09. The minimum Gasteiger partial charge on any atom is -0.366 e. The highest BCUT2D eigenvalue weighted by molar-refractivity contribution is 7.16. The highest BCUT2D eigenvalue weighted by Crippen LogP contribution is 2.23. The van der Waals surface area contributed by atoms with Gasteiger partial charge >= 0.3 is 0 Å². The third kappa shape index (κ3) is 2.92. The molecule has 0 amide bonds. The van der Waals surface area contributed by atoms with Crippen molar-refractivity contribution in [1.82, 2.24) is 15.2 Å². The van der Waals surface area contributed by atoms with Crippen LogP contribution in [0.4, 0.5) is 5.82 Å². The molecule has 5 nitrogen and oxygen atoms in total. The van der Waals surface area contributed by atoms with Crippen LogP contribution in [0.3, 0.4) is 0 Å². The molecule has 102 valence electrons. The molecular weight excluding hydrogens is 296 g/mol. The third-order valence-corrected chi connectivity index (χ3v) is 3.96. The second-order valence-electron chi connectivity index (χ2n) is 4.17. The van der Waals surface area contributed by atoms with Gasteiger partial charge in [-0.3, -0.25) is 9.89 Å². The third-order valence-electron chi connectivity index (χ3n) is 2.73. The Bertz CT molecular complexity index is 776. The molecule has 0 saturated heterocycles. The lowest BCUT2D eigenvalue weighted by Crippen LogP contribution is -2.01. The van der Waals surface area contributed by atoms with E-state index in [2.05, 4.69) is 20.5 Å². The van der Waals surface area contributed by atoms with Gasteiger partial charge in [-0.05, 0) is 18.2 Å². The van der Waals surface area contributed by atoms with Crippen LogP contribution in [0.2, 0.25) is 4.34 Å². The SMILES string of the molecule is O=c1cc(-c2cc(NCc3ccc(Cl)s3)[nH]n2)cc[nH]1. The number of thiophene rings is 1. The van der Waals surface area contributed by atoms with Crippen molar-refractivity contribution in [2.24, 2.45) is 0 Å². The largest absolute Gasteiger partial charge is 0.366 e. The molecule has 0 radical (unpaired) electrons. The Hall–Kier alpha value is -2.05. The molecule has 0 atom stereocenters. The minimum absolute atomic E-state index is 0.145. The zero-order chi connectivity index (χ0) is 13.9. The number of anilines is 1. The standard InChI is InChI=1S/C13H11ClN4OS/c14-11-2-1-9(20-11)7-16-12-6-10(17-18-12)8-3-4-15-13(19)5-8/h1-6H,7H2,(H,15,19)(H2,16,17,18). The Morgan fingerprint density at radius 1 is 1.30 bits per heavy atom. The fraction of sp³-hybridized carbons (Fsp3) is 0.0769. The zero-order valence-electron chi connectivity index (χ0n) is 10.3. The second-order valence-corrected chi connectivity index (χ2v) is 5.97. The minimum atomic E-state index is -0.145. The van der Waals surface area contributed by atoms with Crippen LogP contribution in [0.25, 0.3) is 11.3 Å². The van der Waals surface area contributed by atoms with E-state index in [0.29, 0.717) is 6.54 Å². The van der Waals surface area contributed by atoms with E-state index in [4.69, 9.17) is 11.6 Å². The van der Waals surface area contributed by atoms with Gasteiger partial charge in [-0.15, -0.1) is 11.3 Å². The lowest BCUT2D eigenvalue weighted by Gasteiger charge is -1.99. The lowest BCUT2D eigenvalue weighted by atomic mass is 10.2. The van der Waals surface area contributed by atoms with E-state index in [0.717, 1.165) is 26.3 Å². The first-order chi connectivity index (χ1) is 9.70. The van der Waals surface area contributed by atoms with Crippen LogP contribution < -0.4 is 10.9 Å².